The third kappa shape index (κ3) is 2.18. The maximum Gasteiger partial charge on any atom is 0.306 e. The van der Waals surface area contributed by atoms with Crippen LogP contribution in [0.15, 0.2) is 24.4 Å². The minimum absolute atomic E-state index is 0.175. The largest absolute Gasteiger partial charge is 0.508 e. The number of benzene rings is 1. The van der Waals surface area contributed by atoms with Gasteiger partial charge in [-0.3, -0.25) is 4.79 Å². The number of aromatic amines is 1. The van der Waals surface area contributed by atoms with Gasteiger partial charge in [-0.2, -0.15) is 0 Å². The lowest BCUT2D eigenvalue weighted by molar-refractivity contribution is -0.142. The van der Waals surface area contributed by atoms with Gasteiger partial charge in [0, 0.05) is 23.2 Å². The van der Waals surface area contributed by atoms with Gasteiger partial charge in [-0.1, -0.05) is 0 Å². The van der Waals surface area contributed by atoms with E-state index in [2.05, 4.69) is 4.98 Å². The number of carbonyl (C=O) groups is 1. The molecule has 4 heteroatoms. The van der Waals surface area contributed by atoms with Gasteiger partial charge >= 0.3 is 5.97 Å². The summed E-state index contributed by atoms with van der Waals surface area (Å²) in [5.74, 6) is -0.155. The van der Waals surface area contributed by atoms with E-state index in [-0.39, 0.29) is 11.7 Å². The molecule has 0 bridgehead atoms. The lowest BCUT2D eigenvalue weighted by atomic mass is 9.79. The van der Waals surface area contributed by atoms with Crippen LogP contribution in [0.2, 0.25) is 0 Å². The van der Waals surface area contributed by atoms with Crippen molar-refractivity contribution in [3.8, 4) is 5.75 Å². The zero-order valence-electron chi connectivity index (χ0n) is 10.6. The van der Waals surface area contributed by atoms with Gasteiger partial charge in [0.1, 0.15) is 5.75 Å². The summed E-state index contributed by atoms with van der Waals surface area (Å²) < 4.78 is 0. The molecular weight excluding hydrogens is 242 g/mol. The molecule has 1 aromatic heterocycles. The first-order valence-corrected chi connectivity index (χ1v) is 6.68. The number of hydrogen-bond donors (Lipinski definition) is 3. The van der Waals surface area contributed by atoms with Crippen LogP contribution in [-0.4, -0.2) is 21.2 Å². The lowest BCUT2D eigenvalue weighted by Crippen LogP contribution is -2.20. The first-order valence-electron chi connectivity index (χ1n) is 6.68. The number of H-pyrrole nitrogens is 1. The molecule has 0 aliphatic heterocycles. The van der Waals surface area contributed by atoms with E-state index in [1.54, 1.807) is 12.1 Å². The maximum absolute atomic E-state index is 11.0. The molecule has 3 rings (SSSR count). The Hall–Kier alpha value is -1.97. The van der Waals surface area contributed by atoms with Crippen LogP contribution in [0, 0.1) is 5.92 Å². The predicted molar refractivity (Wildman–Crippen MR) is 72.3 cm³/mol. The van der Waals surface area contributed by atoms with Gasteiger partial charge in [0.05, 0.1) is 5.92 Å². The molecule has 0 atom stereocenters. The Labute approximate surface area is 111 Å². The number of nitrogens with one attached hydrogen (secondary N) is 1. The summed E-state index contributed by atoms with van der Waals surface area (Å²) in [6, 6.07) is 5.35. The quantitative estimate of drug-likeness (QED) is 0.775. The van der Waals surface area contributed by atoms with Gasteiger partial charge in [-0.15, -0.1) is 0 Å². The Morgan fingerprint density at radius 1 is 1.21 bits per heavy atom. The molecule has 1 aliphatic carbocycles. The fraction of sp³-hybridized carbons (Fsp3) is 0.400. The van der Waals surface area contributed by atoms with Crippen LogP contribution in [0.1, 0.15) is 37.2 Å². The molecule has 4 nitrogen and oxygen atoms in total. The number of fused-ring (bicyclic) bond motifs is 1. The Kier molecular flexibility index (Phi) is 2.93. The molecule has 100 valence electrons. The van der Waals surface area contributed by atoms with Gasteiger partial charge in [-0.25, -0.2) is 0 Å². The molecule has 1 heterocycles. The summed E-state index contributed by atoms with van der Waals surface area (Å²) >= 11 is 0. The van der Waals surface area contributed by atoms with Crippen LogP contribution in [0.4, 0.5) is 0 Å². The van der Waals surface area contributed by atoms with Crippen molar-refractivity contribution in [2.24, 2.45) is 5.92 Å². The number of phenolic OH excluding ortho intramolecular Hbond substituents is 1. The molecule has 0 spiro atoms. The van der Waals surface area contributed by atoms with Crippen LogP contribution >= 0.6 is 0 Å². The van der Waals surface area contributed by atoms with Gasteiger partial charge in [0.15, 0.2) is 0 Å². The monoisotopic (exact) mass is 259 g/mol. The van der Waals surface area contributed by atoms with Gasteiger partial charge in [-0.05, 0) is 49.3 Å². The Balaban J connectivity index is 1.84. The molecule has 0 unspecified atom stereocenters. The molecular formula is C15H17NO3. The van der Waals surface area contributed by atoms with Crippen LogP contribution in [-0.2, 0) is 4.79 Å². The van der Waals surface area contributed by atoms with Crippen molar-refractivity contribution >= 4 is 16.9 Å². The number of carboxylic acids is 1. The van der Waals surface area contributed by atoms with Crippen LogP contribution in [0.25, 0.3) is 10.9 Å². The first kappa shape index (κ1) is 12.1. The molecule has 0 amide bonds. The molecule has 1 fully saturated rings. The van der Waals surface area contributed by atoms with E-state index in [0.717, 1.165) is 36.6 Å². The highest BCUT2D eigenvalue weighted by Crippen LogP contribution is 2.39. The zero-order chi connectivity index (χ0) is 13.4. The predicted octanol–water partition coefficient (Wildman–Crippen LogP) is 3.23. The number of phenols is 1. The van der Waals surface area contributed by atoms with Crippen molar-refractivity contribution in [3.05, 3.63) is 30.0 Å². The number of rotatable bonds is 2. The summed E-state index contributed by atoms with van der Waals surface area (Å²) in [7, 11) is 0. The van der Waals surface area contributed by atoms with Crippen molar-refractivity contribution in [2.45, 2.75) is 31.6 Å². The standard InChI is InChI=1S/C15H17NO3/c17-11-5-6-12-13(8-16-14(12)7-11)9-1-3-10(4-2-9)15(18)19/h5-10,16-17H,1-4H2,(H,18,19). The van der Waals surface area contributed by atoms with E-state index in [1.165, 1.54) is 5.56 Å². The highest BCUT2D eigenvalue weighted by molar-refractivity contribution is 5.85. The van der Waals surface area contributed by atoms with E-state index < -0.39 is 5.97 Å². The molecule has 1 aromatic carbocycles. The summed E-state index contributed by atoms with van der Waals surface area (Å²) in [6.45, 7) is 0. The van der Waals surface area contributed by atoms with E-state index in [9.17, 15) is 9.90 Å². The van der Waals surface area contributed by atoms with Crippen molar-refractivity contribution in [2.75, 3.05) is 0 Å². The normalized spacial score (nSPS) is 23.6. The molecule has 0 saturated heterocycles. The second kappa shape index (κ2) is 4.61. The Bertz CT molecular complexity index is 609. The average Bonchev–Trinajstić information content (AvgIpc) is 2.81. The fourth-order valence-electron chi connectivity index (χ4n) is 3.13. The Morgan fingerprint density at radius 3 is 2.63 bits per heavy atom. The SMILES string of the molecule is O=C(O)C1CCC(c2c[nH]c3cc(O)ccc23)CC1. The maximum atomic E-state index is 11.0. The second-order valence-electron chi connectivity index (χ2n) is 5.36. The smallest absolute Gasteiger partial charge is 0.306 e. The van der Waals surface area contributed by atoms with Crippen LogP contribution < -0.4 is 0 Å². The van der Waals surface area contributed by atoms with Gasteiger partial charge in [0.2, 0.25) is 0 Å². The number of aliphatic carboxylic acids is 1. The molecule has 3 N–H and O–H groups in total. The van der Waals surface area contributed by atoms with E-state index in [1.807, 2.05) is 12.3 Å². The number of carboxylic acid groups (broad SMARTS) is 1. The molecule has 1 aliphatic rings. The van der Waals surface area contributed by atoms with Crippen molar-refractivity contribution in [3.63, 3.8) is 0 Å². The second-order valence-corrected chi connectivity index (χ2v) is 5.36. The van der Waals surface area contributed by atoms with Crippen molar-refractivity contribution in [1.82, 2.24) is 4.98 Å². The minimum Gasteiger partial charge on any atom is -0.508 e. The minimum atomic E-state index is -0.665. The zero-order valence-corrected chi connectivity index (χ0v) is 10.6. The summed E-state index contributed by atoms with van der Waals surface area (Å²) in [5, 5.41) is 19.6. The molecule has 19 heavy (non-hydrogen) atoms. The highest BCUT2D eigenvalue weighted by atomic mass is 16.4. The van der Waals surface area contributed by atoms with E-state index in [0.29, 0.717) is 5.92 Å². The third-order valence-corrected chi connectivity index (χ3v) is 4.21. The summed E-state index contributed by atoms with van der Waals surface area (Å²) in [5.41, 5.74) is 2.19. The van der Waals surface area contributed by atoms with E-state index in [4.69, 9.17) is 5.11 Å². The Morgan fingerprint density at radius 2 is 1.95 bits per heavy atom. The number of hydrogen-bond acceptors (Lipinski definition) is 2. The first-order chi connectivity index (χ1) is 9.15. The van der Waals surface area contributed by atoms with Gasteiger partial charge < -0.3 is 15.2 Å². The van der Waals surface area contributed by atoms with E-state index >= 15 is 0 Å². The average molecular weight is 259 g/mol. The molecule has 1 saturated carbocycles. The lowest BCUT2D eigenvalue weighted by Gasteiger charge is -2.25. The van der Waals surface area contributed by atoms with Crippen LogP contribution in [0.5, 0.6) is 5.75 Å². The van der Waals surface area contributed by atoms with Crippen molar-refractivity contribution in [1.29, 1.82) is 0 Å². The third-order valence-electron chi connectivity index (χ3n) is 4.21. The highest BCUT2D eigenvalue weighted by Gasteiger charge is 2.27. The molecule has 2 aromatic rings. The summed E-state index contributed by atoms with van der Waals surface area (Å²) in [4.78, 5) is 14.1. The molecule has 0 radical (unpaired) electrons. The van der Waals surface area contributed by atoms with Crippen molar-refractivity contribution < 1.29 is 15.0 Å². The fourth-order valence-corrected chi connectivity index (χ4v) is 3.13. The van der Waals surface area contributed by atoms with Gasteiger partial charge in [0.25, 0.3) is 0 Å². The van der Waals surface area contributed by atoms with Crippen LogP contribution in [0.3, 0.4) is 0 Å². The number of aromatic hydroxyl groups is 1. The summed E-state index contributed by atoms with van der Waals surface area (Å²) in [6.07, 6.45) is 5.35. The number of aromatic nitrogens is 1. The topological polar surface area (TPSA) is 73.3 Å².